The summed E-state index contributed by atoms with van der Waals surface area (Å²) < 4.78 is 0. The van der Waals surface area contributed by atoms with Crippen molar-refractivity contribution in [2.75, 3.05) is 0 Å². The average molecular weight is 415 g/mol. The molecule has 5 aliphatic carbocycles. The summed E-state index contributed by atoms with van der Waals surface area (Å²) in [6.45, 7) is 15.4. The minimum absolute atomic E-state index is 0.00956. The van der Waals surface area contributed by atoms with Crippen LogP contribution in [0.4, 0.5) is 0 Å². The van der Waals surface area contributed by atoms with Crippen molar-refractivity contribution in [3.63, 3.8) is 0 Å². The number of hydrogen-bond donors (Lipinski definition) is 1. The second kappa shape index (κ2) is 7.50. The molecule has 5 saturated carbocycles. The Labute approximate surface area is 187 Å². The van der Waals surface area contributed by atoms with Crippen LogP contribution in [-0.4, -0.2) is 11.2 Å². The van der Waals surface area contributed by atoms with Gasteiger partial charge in [0, 0.05) is 0 Å². The molecule has 172 valence electrons. The molecular weight excluding hydrogens is 364 g/mol. The van der Waals surface area contributed by atoms with Gasteiger partial charge in [0.15, 0.2) is 0 Å². The van der Waals surface area contributed by atoms with Gasteiger partial charge in [0.05, 0.1) is 6.10 Å². The first kappa shape index (κ1) is 21.8. The van der Waals surface area contributed by atoms with Gasteiger partial charge in [-0.05, 0) is 134 Å². The van der Waals surface area contributed by atoms with Gasteiger partial charge in [-0.3, -0.25) is 0 Å². The molecule has 0 unspecified atom stereocenters. The van der Waals surface area contributed by atoms with E-state index in [4.69, 9.17) is 0 Å². The molecule has 5 fully saturated rings. The van der Waals surface area contributed by atoms with Gasteiger partial charge < -0.3 is 5.11 Å². The van der Waals surface area contributed by atoms with Crippen LogP contribution in [0.15, 0.2) is 0 Å². The van der Waals surface area contributed by atoms with Crippen molar-refractivity contribution in [1.82, 2.24) is 0 Å². The highest BCUT2D eigenvalue weighted by Gasteiger charge is 2.61. The maximum Gasteiger partial charge on any atom is 0.0543 e. The van der Waals surface area contributed by atoms with Crippen molar-refractivity contribution >= 4 is 0 Å². The van der Waals surface area contributed by atoms with Crippen molar-refractivity contribution in [2.45, 2.75) is 112 Å². The summed E-state index contributed by atoms with van der Waals surface area (Å²) in [5, 5.41) is 10.3. The lowest BCUT2D eigenvalue weighted by atomic mass is 9.44. The monoisotopic (exact) mass is 414 g/mol. The standard InChI is InChI=1S/C29H50O/c1-17(2)27-19(4)23(27)15-18(3)24-9-10-25-22-8-7-20-16-21(30)11-13-28(20,5)26(22)12-14-29(24,25)6/h17-27,30H,7-16H2,1-6H3/t18-,19-,20-,21-,22+,23+,24-,25+,26+,27+,28+,29-/m1/s1. The van der Waals surface area contributed by atoms with E-state index in [2.05, 4.69) is 41.5 Å². The molecule has 0 spiro atoms. The van der Waals surface area contributed by atoms with Crippen molar-refractivity contribution in [3.8, 4) is 0 Å². The molecule has 12 atom stereocenters. The molecule has 5 rings (SSSR count). The third kappa shape index (κ3) is 3.18. The predicted octanol–water partition coefficient (Wildman–Crippen LogP) is 7.57. The van der Waals surface area contributed by atoms with Gasteiger partial charge in [-0.25, -0.2) is 0 Å². The van der Waals surface area contributed by atoms with Crippen LogP contribution in [-0.2, 0) is 0 Å². The van der Waals surface area contributed by atoms with Crippen LogP contribution >= 0.6 is 0 Å². The van der Waals surface area contributed by atoms with Gasteiger partial charge in [0.1, 0.15) is 0 Å². The van der Waals surface area contributed by atoms with Crippen LogP contribution in [0.3, 0.4) is 0 Å². The first-order chi connectivity index (χ1) is 14.2. The molecule has 5 aliphatic rings. The van der Waals surface area contributed by atoms with Crippen molar-refractivity contribution in [1.29, 1.82) is 0 Å². The highest BCUT2D eigenvalue weighted by atomic mass is 16.3. The lowest BCUT2D eigenvalue weighted by Crippen LogP contribution is -2.54. The minimum Gasteiger partial charge on any atom is -0.393 e. The Morgan fingerprint density at radius 1 is 0.867 bits per heavy atom. The van der Waals surface area contributed by atoms with Crippen molar-refractivity contribution < 1.29 is 5.11 Å². The van der Waals surface area contributed by atoms with Crippen molar-refractivity contribution in [3.05, 3.63) is 0 Å². The fraction of sp³-hybridized carbons (Fsp3) is 1.00. The molecule has 0 aliphatic heterocycles. The fourth-order valence-corrected chi connectivity index (χ4v) is 10.9. The first-order valence-corrected chi connectivity index (χ1v) is 13.8. The van der Waals surface area contributed by atoms with Gasteiger partial charge in [0.2, 0.25) is 0 Å². The molecule has 0 saturated heterocycles. The van der Waals surface area contributed by atoms with E-state index in [1.807, 2.05) is 0 Å². The summed E-state index contributed by atoms with van der Waals surface area (Å²) in [4.78, 5) is 0. The summed E-state index contributed by atoms with van der Waals surface area (Å²) in [6.07, 6.45) is 13.8. The Hall–Kier alpha value is -0.0400. The molecule has 0 bridgehead atoms. The van der Waals surface area contributed by atoms with E-state index in [1.54, 1.807) is 0 Å². The van der Waals surface area contributed by atoms with Gasteiger partial charge in [-0.2, -0.15) is 0 Å². The fourth-order valence-electron chi connectivity index (χ4n) is 10.9. The molecule has 0 aromatic heterocycles. The maximum atomic E-state index is 10.3. The van der Waals surface area contributed by atoms with Gasteiger partial charge in [-0.15, -0.1) is 0 Å². The average Bonchev–Trinajstić information content (AvgIpc) is 3.17. The summed E-state index contributed by atoms with van der Waals surface area (Å²) in [7, 11) is 0. The van der Waals surface area contributed by atoms with Crippen molar-refractivity contribution in [2.24, 2.45) is 70.0 Å². The molecular formula is C29H50O. The van der Waals surface area contributed by atoms with E-state index >= 15 is 0 Å². The Bertz CT molecular complexity index is 640. The third-order valence-corrected chi connectivity index (χ3v) is 12.4. The summed E-state index contributed by atoms with van der Waals surface area (Å²) in [5.74, 6) is 9.50. The number of aliphatic hydroxyl groups excluding tert-OH is 1. The van der Waals surface area contributed by atoms with Gasteiger partial charge in [-0.1, -0.05) is 41.5 Å². The number of aliphatic hydroxyl groups is 1. The van der Waals surface area contributed by atoms with E-state index in [0.717, 1.165) is 72.0 Å². The molecule has 1 nitrogen and oxygen atoms in total. The highest BCUT2D eigenvalue weighted by Crippen LogP contribution is 2.69. The van der Waals surface area contributed by atoms with Crippen LogP contribution in [0.25, 0.3) is 0 Å². The van der Waals surface area contributed by atoms with E-state index in [9.17, 15) is 5.11 Å². The molecule has 30 heavy (non-hydrogen) atoms. The largest absolute Gasteiger partial charge is 0.393 e. The molecule has 1 N–H and O–H groups in total. The zero-order valence-corrected chi connectivity index (χ0v) is 20.9. The molecule has 0 radical (unpaired) electrons. The van der Waals surface area contributed by atoms with Crippen LogP contribution < -0.4 is 0 Å². The smallest absolute Gasteiger partial charge is 0.0543 e. The molecule has 0 amide bonds. The van der Waals surface area contributed by atoms with E-state index in [1.165, 1.54) is 51.4 Å². The Balaban J connectivity index is 1.30. The molecule has 0 heterocycles. The van der Waals surface area contributed by atoms with Crippen LogP contribution in [0.1, 0.15) is 106 Å². The summed E-state index contributed by atoms with van der Waals surface area (Å²) in [6, 6.07) is 0. The number of fused-ring (bicyclic) bond motifs is 5. The van der Waals surface area contributed by atoms with Crippen LogP contribution in [0.5, 0.6) is 0 Å². The minimum atomic E-state index is -0.00956. The predicted molar refractivity (Wildman–Crippen MR) is 126 cm³/mol. The second-order valence-electron chi connectivity index (χ2n) is 13.9. The highest BCUT2D eigenvalue weighted by molar-refractivity contribution is 5.10. The topological polar surface area (TPSA) is 20.2 Å². The Morgan fingerprint density at radius 2 is 1.57 bits per heavy atom. The quantitative estimate of drug-likeness (QED) is 0.503. The van der Waals surface area contributed by atoms with Gasteiger partial charge >= 0.3 is 0 Å². The number of rotatable bonds is 4. The Kier molecular flexibility index (Phi) is 5.44. The van der Waals surface area contributed by atoms with Gasteiger partial charge in [0.25, 0.3) is 0 Å². The lowest BCUT2D eigenvalue weighted by molar-refractivity contribution is -0.129. The normalized spacial score (nSPS) is 56.2. The lowest BCUT2D eigenvalue weighted by Gasteiger charge is -2.61. The van der Waals surface area contributed by atoms with E-state index in [0.29, 0.717) is 10.8 Å². The molecule has 0 aromatic carbocycles. The Morgan fingerprint density at radius 3 is 2.27 bits per heavy atom. The van der Waals surface area contributed by atoms with Crippen LogP contribution in [0.2, 0.25) is 0 Å². The number of hydrogen-bond acceptors (Lipinski definition) is 1. The zero-order valence-electron chi connectivity index (χ0n) is 20.9. The summed E-state index contributed by atoms with van der Waals surface area (Å²) >= 11 is 0. The first-order valence-electron chi connectivity index (χ1n) is 13.8. The molecule has 1 heteroatoms. The van der Waals surface area contributed by atoms with E-state index < -0.39 is 0 Å². The molecule has 0 aromatic rings. The second-order valence-corrected chi connectivity index (χ2v) is 13.9. The third-order valence-electron chi connectivity index (χ3n) is 12.4. The summed E-state index contributed by atoms with van der Waals surface area (Å²) in [5.41, 5.74) is 1.14. The SMILES string of the molecule is CC(C)[C@H]1[C@H](C)[C@@H]1C[C@@H](C)[C@H]1CC[C@H]2[C@@H]3CC[C@@H]4C[C@H](O)CC[C@]4(C)[C@H]3CC[C@]12C. The maximum absolute atomic E-state index is 10.3. The van der Waals surface area contributed by atoms with E-state index in [-0.39, 0.29) is 6.10 Å². The van der Waals surface area contributed by atoms with Crippen LogP contribution in [0, 0.1) is 70.0 Å². The zero-order chi connectivity index (χ0) is 21.4.